The predicted octanol–water partition coefficient (Wildman–Crippen LogP) is 2.33. The number of carbonyl (C=O) groups is 2. The highest BCUT2D eigenvalue weighted by Gasteiger charge is 2.23. The molecule has 0 unspecified atom stereocenters. The van der Waals surface area contributed by atoms with Crippen molar-refractivity contribution in [2.24, 2.45) is 0 Å². The number of amides is 1. The van der Waals surface area contributed by atoms with Gasteiger partial charge in [-0.3, -0.25) is 9.59 Å². The Hall–Kier alpha value is -2.82. The summed E-state index contributed by atoms with van der Waals surface area (Å²) in [5.74, 6) is 0.766. The Morgan fingerprint density at radius 2 is 2.08 bits per heavy atom. The summed E-state index contributed by atoms with van der Waals surface area (Å²) in [4.78, 5) is 29.0. The van der Waals surface area contributed by atoms with Gasteiger partial charge in [0.1, 0.15) is 0 Å². The molecule has 1 amide bonds. The summed E-state index contributed by atoms with van der Waals surface area (Å²) in [5, 5.41) is 2.91. The number of ketones is 1. The molecule has 5 nitrogen and oxygen atoms in total. The Bertz CT molecular complexity index is 745. The van der Waals surface area contributed by atoms with E-state index in [-0.39, 0.29) is 11.7 Å². The maximum atomic E-state index is 12.0. The summed E-state index contributed by atoms with van der Waals surface area (Å²) in [5.41, 5.74) is 6.60. The molecule has 2 aliphatic rings. The Balaban J connectivity index is 1.55. The van der Waals surface area contributed by atoms with Crippen molar-refractivity contribution < 1.29 is 14.4 Å². The summed E-state index contributed by atoms with van der Waals surface area (Å²) >= 11 is 0. The van der Waals surface area contributed by atoms with Crippen molar-refractivity contribution in [2.45, 2.75) is 26.2 Å². The van der Waals surface area contributed by atoms with Gasteiger partial charge in [-0.2, -0.15) is 0 Å². The van der Waals surface area contributed by atoms with Gasteiger partial charge in [0.25, 0.3) is 0 Å². The fourth-order valence-corrected chi connectivity index (χ4v) is 2.75. The van der Waals surface area contributed by atoms with E-state index in [1.165, 1.54) is 0 Å². The van der Waals surface area contributed by atoms with Crippen molar-refractivity contribution in [2.75, 3.05) is 6.54 Å². The fourth-order valence-electron chi connectivity index (χ4n) is 2.75. The van der Waals surface area contributed by atoms with Crippen molar-refractivity contribution in [3.05, 3.63) is 70.6 Å². The first-order valence-corrected chi connectivity index (χ1v) is 8.02. The van der Waals surface area contributed by atoms with Crippen LogP contribution < -0.4 is 10.8 Å². The minimum absolute atomic E-state index is 0.0103. The van der Waals surface area contributed by atoms with Crippen LogP contribution in [0, 0.1) is 0 Å². The molecular formula is C19H20N2O3. The monoisotopic (exact) mass is 324 g/mol. The largest absolute Gasteiger partial charge is 0.382 e. The molecule has 1 heterocycles. The maximum absolute atomic E-state index is 12.0. The minimum Gasteiger partial charge on any atom is -0.382 e. The maximum Gasteiger partial charge on any atom is 0.224 e. The van der Waals surface area contributed by atoms with Gasteiger partial charge in [0.15, 0.2) is 11.5 Å². The molecule has 2 N–H and O–H groups in total. The summed E-state index contributed by atoms with van der Waals surface area (Å²) < 4.78 is 0. The molecule has 1 aliphatic carbocycles. The van der Waals surface area contributed by atoms with Crippen LogP contribution >= 0.6 is 0 Å². The van der Waals surface area contributed by atoms with Crippen LogP contribution in [0.1, 0.15) is 25.3 Å². The highest BCUT2D eigenvalue weighted by molar-refractivity contribution is 5.94. The highest BCUT2D eigenvalue weighted by Crippen LogP contribution is 2.30. The molecule has 0 atom stereocenters. The Morgan fingerprint density at radius 3 is 2.88 bits per heavy atom. The van der Waals surface area contributed by atoms with Crippen molar-refractivity contribution in [1.29, 1.82) is 0 Å². The number of hydrogen-bond donors (Lipinski definition) is 2. The molecule has 1 aromatic rings. The number of rotatable bonds is 5. The Labute approximate surface area is 141 Å². The molecule has 124 valence electrons. The van der Waals surface area contributed by atoms with Crippen LogP contribution in [-0.4, -0.2) is 18.2 Å². The first-order valence-electron chi connectivity index (χ1n) is 8.02. The molecule has 0 aromatic heterocycles. The Morgan fingerprint density at radius 1 is 1.29 bits per heavy atom. The lowest BCUT2D eigenvalue weighted by Crippen LogP contribution is -2.30. The quantitative estimate of drug-likeness (QED) is 0.872. The summed E-state index contributed by atoms with van der Waals surface area (Å²) in [7, 11) is 0. The van der Waals surface area contributed by atoms with Crippen LogP contribution in [0.4, 0.5) is 0 Å². The number of fused-ring (bicyclic) bond motifs is 1. The third kappa shape index (κ3) is 3.74. The van der Waals surface area contributed by atoms with E-state index >= 15 is 0 Å². The molecule has 24 heavy (non-hydrogen) atoms. The lowest BCUT2D eigenvalue weighted by atomic mass is 9.95. The average molecular weight is 324 g/mol. The van der Waals surface area contributed by atoms with Gasteiger partial charge < -0.3 is 10.2 Å². The van der Waals surface area contributed by atoms with E-state index in [4.69, 9.17) is 4.84 Å². The van der Waals surface area contributed by atoms with Crippen molar-refractivity contribution in [1.82, 2.24) is 10.8 Å². The van der Waals surface area contributed by atoms with Gasteiger partial charge in [-0.1, -0.05) is 30.3 Å². The van der Waals surface area contributed by atoms with Gasteiger partial charge in [0.2, 0.25) is 5.91 Å². The molecule has 0 spiro atoms. The molecule has 1 aliphatic heterocycles. The molecule has 0 fully saturated rings. The highest BCUT2D eigenvalue weighted by atomic mass is 16.6. The standard InChI is InChI=1S/C19H20N2O3/c1-13-16-12-15(22)7-8-18(16)24-21-17(13)9-10-20-19(23)11-14-5-3-2-4-6-14/h2-6,8,12,21H,7,9-11H2,1H3,(H,20,23). The Kier molecular flexibility index (Phi) is 4.79. The molecule has 0 saturated heterocycles. The van der Waals surface area contributed by atoms with Crippen LogP contribution in [0.15, 0.2) is 65.1 Å². The minimum atomic E-state index is -0.0103. The van der Waals surface area contributed by atoms with Gasteiger partial charge in [0.05, 0.1) is 12.1 Å². The molecule has 0 radical (unpaired) electrons. The van der Waals surface area contributed by atoms with E-state index in [1.807, 2.05) is 37.3 Å². The van der Waals surface area contributed by atoms with E-state index in [0.717, 1.165) is 22.4 Å². The van der Waals surface area contributed by atoms with Crippen LogP contribution in [-0.2, 0) is 20.8 Å². The predicted molar refractivity (Wildman–Crippen MR) is 90.5 cm³/mol. The molecule has 5 heteroatoms. The van der Waals surface area contributed by atoms with Crippen molar-refractivity contribution >= 4 is 11.7 Å². The zero-order valence-electron chi connectivity index (χ0n) is 13.6. The third-order valence-corrected chi connectivity index (χ3v) is 4.10. The topological polar surface area (TPSA) is 67.4 Å². The zero-order chi connectivity index (χ0) is 16.9. The van der Waals surface area contributed by atoms with E-state index in [1.54, 1.807) is 12.2 Å². The first-order chi connectivity index (χ1) is 11.6. The van der Waals surface area contributed by atoms with E-state index in [2.05, 4.69) is 10.8 Å². The second-order valence-corrected chi connectivity index (χ2v) is 5.87. The smallest absolute Gasteiger partial charge is 0.224 e. The van der Waals surface area contributed by atoms with Gasteiger partial charge in [-0.25, -0.2) is 5.48 Å². The van der Waals surface area contributed by atoms with E-state index < -0.39 is 0 Å². The first kappa shape index (κ1) is 16.1. The number of hydrogen-bond acceptors (Lipinski definition) is 4. The number of benzene rings is 1. The number of carbonyl (C=O) groups excluding carboxylic acids is 2. The third-order valence-electron chi connectivity index (χ3n) is 4.10. The zero-order valence-corrected chi connectivity index (χ0v) is 13.6. The van der Waals surface area contributed by atoms with Crippen molar-refractivity contribution in [3.8, 4) is 0 Å². The SMILES string of the molecule is CC1=C(CCNC(=O)Cc2ccccc2)NOC2=CCC(=O)C=C21. The van der Waals surface area contributed by atoms with Gasteiger partial charge in [-0.15, -0.1) is 0 Å². The van der Waals surface area contributed by atoms with E-state index in [9.17, 15) is 9.59 Å². The molecule has 1 aromatic carbocycles. The number of hydroxylamine groups is 1. The number of nitrogens with one attached hydrogen (secondary N) is 2. The molecule has 3 rings (SSSR count). The van der Waals surface area contributed by atoms with Gasteiger partial charge >= 0.3 is 0 Å². The lowest BCUT2D eigenvalue weighted by molar-refractivity contribution is -0.120. The van der Waals surface area contributed by atoms with Gasteiger partial charge in [-0.05, 0) is 30.2 Å². The molecular weight excluding hydrogens is 304 g/mol. The van der Waals surface area contributed by atoms with Crippen LogP contribution in [0.25, 0.3) is 0 Å². The summed E-state index contributed by atoms with van der Waals surface area (Å²) in [6, 6.07) is 9.64. The molecule has 0 bridgehead atoms. The van der Waals surface area contributed by atoms with E-state index in [0.29, 0.717) is 31.6 Å². The van der Waals surface area contributed by atoms with Crippen LogP contribution in [0.2, 0.25) is 0 Å². The van der Waals surface area contributed by atoms with Crippen LogP contribution in [0.3, 0.4) is 0 Å². The fraction of sp³-hybridized carbons (Fsp3) is 0.263. The normalized spacial score (nSPS) is 16.5. The second-order valence-electron chi connectivity index (χ2n) is 5.87. The summed E-state index contributed by atoms with van der Waals surface area (Å²) in [6.07, 6.45) is 4.77. The van der Waals surface area contributed by atoms with Gasteiger partial charge in [0, 0.05) is 25.0 Å². The number of allylic oxidation sites excluding steroid dienone is 3. The van der Waals surface area contributed by atoms with Crippen molar-refractivity contribution in [3.63, 3.8) is 0 Å². The van der Waals surface area contributed by atoms with Crippen LogP contribution in [0.5, 0.6) is 0 Å². The lowest BCUT2D eigenvalue weighted by Gasteiger charge is -2.26. The summed E-state index contributed by atoms with van der Waals surface area (Å²) in [6.45, 7) is 2.46. The average Bonchev–Trinajstić information content (AvgIpc) is 2.58. The molecule has 0 saturated carbocycles. The second kappa shape index (κ2) is 7.17.